The minimum Gasteiger partial charge on any atom is -0.493 e. The van der Waals surface area contributed by atoms with Crippen LogP contribution in [0.2, 0.25) is 0 Å². The molecule has 1 aromatic heterocycles. The number of ether oxygens (including phenoxy) is 6. The molecule has 48 heavy (non-hydrogen) atoms. The van der Waals surface area contributed by atoms with Gasteiger partial charge in [0.05, 0.1) is 25.8 Å². The van der Waals surface area contributed by atoms with Gasteiger partial charge in [0.2, 0.25) is 17.6 Å². The number of nitrogens with one attached hydrogen (secondary N) is 1. The second-order valence-electron chi connectivity index (χ2n) is 14.7. The zero-order valence-corrected chi connectivity index (χ0v) is 28.5. The van der Waals surface area contributed by atoms with E-state index >= 15 is 0 Å². The van der Waals surface area contributed by atoms with Crippen LogP contribution in [0, 0.1) is 10.8 Å². The summed E-state index contributed by atoms with van der Waals surface area (Å²) in [5.41, 5.74) is 0.806. The van der Waals surface area contributed by atoms with Gasteiger partial charge in [-0.25, -0.2) is 19.6 Å². The van der Waals surface area contributed by atoms with Crippen molar-refractivity contribution in [2.75, 3.05) is 26.9 Å². The normalized spacial score (nSPS) is 23.5. The highest BCUT2D eigenvalue weighted by atomic mass is 16.7. The number of esters is 1. The molecule has 2 amide bonds. The van der Waals surface area contributed by atoms with Gasteiger partial charge in [0.1, 0.15) is 41.8 Å². The summed E-state index contributed by atoms with van der Waals surface area (Å²) in [4.78, 5) is 51.6. The topological polar surface area (TPSA) is 148 Å². The van der Waals surface area contributed by atoms with Crippen LogP contribution in [0.25, 0.3) is 22.3 Å². The van der Waals surface area contributed by atoms with Crippen molar-refractivity contribution in [3.63, 3.8) is 0 Å². The number of methoxy groups -OCH3 is 1. The molecule has 1 N–H and O–H groups in total. The van der Waals surface area contributed by atoms with Crippen molar-refractivity contribution in [2.45, 2.75) is 78.9 Å². The van der Waals surface area contributed by atoms with Crippen LogP contribution in [0.3, 0.4) is 0 Å². The molecule has 1 fully saturated rings. The average Bonchev–Trinajstić information content (AvgIpc) is 3.59. The van der Waals surface area contributed by atoms with E-state index in [0.717, 1.165) is 0 Å². The molecule has 3 aromatic rings. The molecule has 0 spiro atoms. The van der Waals surface area contributed by atoms with Gasteiger partial charge in [-0.2, -0.15) is 0 Å². The predicted octanol–water partition coefficient (Wildman–Crippen LogP) is 4.88. The number of nitrogens with zero attached hydrogens (tertiary/aromatic N) is 3. The number of benzene rings is 2. The second kappa shape index (κ2) is 12.0. The number of alkyl carbamates (subject to hydrolysis) is 1. The van der Waals surface area contributed by atoms with E-state index in [2.05, 4.69) is 5.32 Å². The predicted molar refractivity (Wildman–Crippen MR) is 174 cm³/mol. The molecular formula is C35H42N4O9. The quantitative estimate of drug-likeness (QED) is 0.356. The second-order valence-corrected chi connectivity index (χ2v) is 14.7. The summed E-state index contributed by atoms with van der Waals surface area (Å²) in [7, 11) is 1.27. The van der Waals surface area contributed by atoms with Crippen molar-refractivity contribution in [1.82, 2.24) is 20.2 Å². The third-order valence-corrected chi connectivity index (χ3v) is 8.43. The Balaban J connectivity index is 1.48. The van der Waals surface area contributed by atoms with E-state index in [1.54, 1.807) is 19.9 Å². The Hall–Kier alpha value is -4.81. The standard InChI is InChI=1S/C35H42N4O9/c1-33(2,3)28-30(40)39-16-21(15-23(39)31(41)43-8)46-29-25(36-22-12-13-24-27(26(22)37-29)48-35(6,7)47-24)19-10-9-11-20(14-19)44-17-34(4,5)18-45-32(42)38-28/h9-14,21,23,28H,15-18H2,1-8H3,(H,38,42)/t21-,23+,28-/m1/s1. The number of carbonyl (C=O) groups is 3. The zero-order valence-electron chi connectivity index (χ0n) is 28.5. The lowest BCUT2D eigenvalue weighted by molar-refractivity contribution is -0.152. The smallest absolute Gasteiger partial charge is 0.407 e. The first-order valence-electron chi connectivity index (χ1n) is 16.0. The fraction of sp³-hybridized carbons (Fsp3) is 0.514. The first-order chi connectivity index (χ1) is 22.5. The van der Waals surface area contributed by atoms with Gasteiger partial charge in [-0.3, -0.25) is 4.79 Å². The van der Waals surface area contributed by atoms with Crippen LogP contribution in [0.1, 0.15) is 54.9 Å². The summed E-state index contributed by atoms with van der Waals surface area (Å²) in [5, 5.41) is 2.75. The molecule has 1 saturated heterocycles. The van der Waals surface area contributed by atoms with E-state index in [4.69, 9.17) is 38.4 Å². The number of rotatable bonds is 1. The summed E-state index contributed by atoms with van der Waals surface area (Å²) in [6.45, 7) is 13.2. The van der Waals surface area contributed by atoms with Gasteiger partial charge in [-0.1, -0.05) is 46.8 Å². The highest BCUT2D eigenvalue weighted by Crippen LogP contribution is 2.45. The molecule has 13 nitrogen and oxygen atoms in total. The van der Waals surface area contributed by atoms with Gasteiger partial charge in [-0.05, 0) is 29.7 Å². The number of carbonyl (C=O) groups excluding carboxylic acids is 3. The maximum atomic E-state index is 14.2. The first-order valence-corrected chi connectivity index (χ1v) is 16.0. The minimum absolute atomic E-state index is 0.0246. The number of cyclic esters (lactones) is 1. The molecule has 0 radical (unpaired) electrons. The van der Waals surface area contributed by atoms with Crippen LogP contribution in [0.5, 0.6) is 23.1 Å². The number of fused-ring (bicyclic) bond motifs is 9. The van der Waals surface area contributed by atoms with Gasteiger partial charge >= 0.3 is 12.1 Å². The van der Waals surface area contributed by atoms with Crippen molar-refractivity contribution >= 4 is 29.0 Å². The number of hydrogen-bond acceptors (Lipinski definition) is 11. The van der Waals surface area contributed by atoms with Crippen molar-refractivity contribution in [3.05, 3.63) is 36.4 Å². The van der Waals surface area contributed by atoms with Crippen LogP contribution in [-0.2, 0) is 19.1 Å². The van der Waals surface area contributed by atoms with Crippen LogP contribution < -0.4 is 24.3 Å². The molecule has 13 heteroatoms. The van der Waals surface area contributed by atoms with E-state index in [0.29, 0.717) is 39.5 Å². The van der Waals surface area contributed by atoms with Crippen molar-refractivity contribution in [1.29, 1.82) is 0 Å². The molecule has 4 bridgehead atoms. The molecule has 4 heterocycles. The fourth-order valence-corrected chi connectivity index (χ4v) is 5.98. The van der Waals surface area contributed by atoms with E-state index < -0.39 is 52.8 Å². The molecule has 2 aromatic carbocycles. The highest BCUT2D eigenvalue weighted by molar-refractivity contribution is 5.91. The largest absolute Gasteiger partial charge is 0.493 e. The summed E-state index contributed by atoms with van der Waals surface area (Å²) < 4.78 is 35.5. The van der Waals surface area contributed by atoms with Crippen molar-refractivity contribution < 1.29 is 42.8 Å². The summed E-state index contributed by atoms with van der Waals surface area (Å²) in [6.07, 6.45) is -1.31. The molecule has 3 aliphatic heterocycles. The minimum atomic E-state index is -1.02. The maximum absolute atomic E-state index is 14.2. The Labute approximate surface area is 279 Å². The Morgan fingerprint density at radius 1 is 1.02 bits per heavy atom. The Bertz CT molecular complexity index is 1770. The average molecular weight is 663 g/mol. The zero-order chi connectivity index (χ0) is 34.6. The lowest BCUT2D eigenvalue weighted by Crippen LogP contribution is -2.57. The summed E-state index contributed by atoms with van der Waals surface area (Å²) >= 11 is 0. The van der Waals surface area contributed by atoms with E-state index in [1.807, 2.05) is 65.0 Å². The van der Waals surface area contributed by atoms with Gasteiger partial charge in [-0.15, -0.1) is 0 Å². The SMILES string of the molecule is COC(=O)[C@@H]1C[C@@H]2CN1C(=O)[C@H](C(C)(C)C)NC(=O)OCC(C)(C)COc1cccc(c1)-c1nc3ccc4c(c3nc1O2)OC(C)(C)O4. The molecule has 0 unspecified atom stereocenters. The monoisotopic (exact) mass is 662 g/mol. The van der Waals surface area contributed by atoms with Crippen LogP contribution in [-0.4, -0.2) is 83.7 Å². The van der Waals surface area contributed by atoms with Gasteiger partial charge in [0.25, 0.3) is 0 Å². The Kier molecular flexibility index (Phi) is 8.29. The molecule has 3 aliphatic rings. The molecule has 0 aliphatic carbocycles. The Morgan fingerprint density at radius 3 is 2.50 bits per heavy atom. The van der Waals surface area contributed by atoms with Crippen molar-refractivity contribution in [3.8, 4) is 34.4 Å². The summed E-state index contributed by atoms with van der Waals surface area (Å²) in [6, 6.07) is 9.00. The van der Waals surface area contributed by atoms with E-state index in [-0.39, 0.29) is 32.1 Å². The molecule has 6 rings (SSSR count). The van der Waals surface area contributed by atoms with Gasteiger partial charge in [0, 0.05) is 31.2 Å². The van der Waals surface area contributed by atoms with Crippen LogP contribution in [0.4, 0.5) is 4.79 Å². The summed E-state index contributed by atoms with van der Waals surface area (Å²) in [5.74, 6) is -0.239. The first kappa shape index (κ1) is 33.1. The number of hydrogen-bond donors (Lipinski definition) is 1. The lowest BCUT2D eigenvalue weighted by Gasteiger charge is -2.35. The van der Waals surface area contributed by atoms with Crippen LogP contribution >= 0.6 is 0 Å². The van der Waals surface area contributed by atoms with Gasteiger partial charge < -0.3 is 38.6 Å². The molecular weight excluding hydrogens is 620 g/mol. The maximum Gasteiger partial charge on any atom is 0.407 e. The fourth-order valence-electron chi connectivity index (χ4n) is 5.98. The lowest BCUT2D eigenvalue weighted by atomic mass is 9.85. The van der Waals surface area contributed by atoms with E-state index in [9.17, 15) is 14.4 Å². The van der Waals surface area contributed by atoms with Crippen molar-refractivity contribution in [2.24, 2.45) is 10.8 Å². The number of amides is 2. The molecule has 256 valence electrons. The number of aromatic nitrogens is 2. The molecule has 3 atom stereocenters. The molecule has 0 saturated carbocycles. The third kappa shape index (κ3) is 6.63. The Morgan fingerprint density at radius 2 is 1.77 bits per heavy atom. The third-order valence-electron chi connectivity index (χ3n) is 8.43. The van der Waals surface area contributed by atoms with E-state index in [1.165, 1.54) is 12.0 Å². The van der Waals surface area contributed by atoms with Crippen LogP contribution in [0.15, 0.2) is 36.4 Å². The highest BCUT2D eigenvalue weighted by Gasteiger charge is 2.47. The van der Waals surface area contributed by atoms with Gasteiger partial charge in [0.15, 0.2) is 11.5 Å².